The number of aryl methyl sites for hydroxylation is 1. The zero-order chi connectivity index (χ0) is 21.5. The van der Waals surface area contributed by atoms with Gasteiger partial charge in [-0.25, -0.2) is 0 Å². The Morgan fingerprint density at radius 3 is 2.60 bits per heavy atom. The van der Waals surface area contributed by atoms with Gasteiger partial charge < -0.3 is 15.2 Å². The number of hydrogen-bond acceptors (Lipinski definition) is 5. The molecular weight excluding hydrogens is 513 g/mol. The van der Waals surface area contributed by atoms with Gasteiger partial charge in [0.15, 0.2) is 11.0 Å². The highest BCUT2D eigenvalue weighted by Gasteiger charge is 2.14. The summed E-state index contributed by atoms with van der Waals surface area (Å²) in [5.41, 5.74) is 2.40. The van der Waals surface area contributed by atoms with Gasteiger partial charge in [0.05, 0.1) is 12.3 Å². The van der Waals surface area contributed by atoms with E-state index in [1.54, 1.807) is 6.07 Å². The fourth-order valence-corrected chi connectivity index (χ4v) is 3.96. The van der Waals surface area contributed by atoms with Gasteiger partial charge in [0.2, 0.25) is 5.91 Å². The van der Waals surface area contributed by atoms with E-state index < -0.39 is 0 Å². The molecule has 1 aromatic heterocycles. The molecule has 0 saturated carbocycles. The molecule has 2 aromatic carbocycles. The molecule has 9 heteroatoms. The molecule has 1 heterocycles. The predicted octanol–water partition coefficient (Wildman–Crippen LogP) is 3.87. The van der Waals surface area contributed by atoms with Crippen molar-refractivity contribution in [2.75, 3.05) is 11.1 Å². The lowest BCUT2D eigenvalue weighted by Gasteiger charge is -2.09. The SMILES string of the molecule is CCn1c(CNC(=O)c2cccc(C)c2)nnc1SCC(=O)Nc1ccc(I)cc1. The van der Waals surface area contributed by atoms with Crippen LogP contribution in [0.2, 0.25) is 0 Å². The zero-order valence-electron chi connectivity index (χ0n) is 16.7. The minimum atomic E-state index is -0.157. The Balaban J connectivity index is 1.56. The maximum atomic E-state index is 12.4. The zero-order valence-corrected chi connectivity index (χ0v) is 19.7. The highest BCUT2D eigenvalue weighted by atomic mass is 127. The molecule has 0 radical (unpaired) electrons. The molecule has 0 aliphatic carbocycles. The van der Waals surface area contributed by atoms with E-state index in [9.17, 15) is 9.59 Å². The van der Waals surface area contributed by atoms with Crippen LogP contribution in [0.15, 0.2) is 53.7 Å². The standard InChI is InChI=1S/C21H22IN5O2S/c1-3-27-18(12-23-20(29)15-6-4-5-14(2)11-15)25-26-21(27)30-13-19(28)24-17-9-7-16(22)8-10-17/h4-11H,3,12-13H2,1-2H3,(H,23,29)(H,24,28). The van der Waals surface area contributed by atoms with Gasteiger partial charge in [-0.05, 0) is 72.8 Å². The number of amides is 2. The van der Waals surface area contributed by atoms with E-state index >= 15 is 0 Å². The molecule has 30 heavy (non-hydrogen) atoms. The second-order valence-electron chi connectivity index (χ2n) is 6.54. The van der Waals surface area contributed by atoms with Gasteiger partial charge >= 0.3 is 0 Å². The number of nitrogens with one attached hydrogen (secondary N) is 2. The van der Waals surface area contributed by atoms with Crippen molar-refractivity contribution in [1.82, 2.24) is 20.1 Å². The van der Waals surface area contributed by atoms with Crippen LogP contribution in [0.5, 0.6) is 0 Å². The van der Waals surface area contributed by atoms with Gasteiger partial charge in [-0.2, -0.15) is 0 Å². The molecule has 3 rings (SSSR count). The van der Waals surface area contributed by atoms with Gasteiger partial charge in [-0.1, -0.05) is 29.5 Å². The lowest BCUT2D eigenvalue weighted by Crippen LogP contribution is -2.25. The summed E-state index contributed by atoms with van der Waals surface area (Å²) >= 11 is 3.54. The molecule has 7 nitrogen and oxygen atoms in total. The fourth-order valence-electron chi connectivity index (χ4n) is 2.78. The normalized spacial score (nSPS) is 10.6. The lowest BCUT2D eigenvalue weighted by atomic mass is 10.1. The number of carbonyl (C=O) groups excluding carboxylic acids is 2. The third-order valence-electron chi connectivity index (χ3n) is 4.26. The van der Waals surface area contributed by atoms with Crippen molar-refractivity contribution in [1.29, 1.82) is 0 Å². The lowest BCUT2D eigenvalue weighted by molar-refractivity contribution is -0.113. The summed E-state index contributed by atoms with van der Waals surface area (Å²) in [6.45, 7) is 4.83. The summed E-state index contributed by atoms with van der Waals surface area (Å²) in [4.78, 5) is 24.6. The quantitative estimate of drug-likeness (QED) is 0.338. The minimum absolute atomic E-state index is 0.110. The number of halogens is 1. The molecule has 2 amide bonds. The Bertz CT molecular complexity index is 1040. The van der Waals surface area contributed by atoms with E-state index in [1.807, 2.05) is 60.9 Å². The third kappa shape index (κ3) is 6.05. The van der Waals surface area contributed by atoms with Gasteiger partial charge in [0, 0.05) is 21.4 Å². The molecule has 0 aliphatic heterocycles. The number of anilines is 1. The smallest absolute Gasteiger partial charge is 0.251 e. The van der Waals surface area contributed by atoms with E-state index in [0.29, 0.717) is 23.1 Å². The Morgan fingerprint density at radius 1 is 1.13 bits per heavy atom. The summed E-state index contributed by atoms with van der Waals surface area (Å²) in [6.07, 6.45) is 0. The number of aromatic nitrogens is 3. The highest BCUT2D eigenvalue weighted by Crippen LogP contribution is 2.18. The average Bonchev–Trinajstić information content (AvgIpc) is 3.14. The molecule has 0 unspecified atom stereocenters. The second-order valence-corrected chi connectivity index (χ2v) is 8.73. The predicted molar refractivity (Wildman–Crippen MR) is 127 cm³/mol. The number of hydrogen-bond donors (Lipinski definition) is 2. The Labute approximate surface area is 193 Å². The summed E-state index contributed by atoms with van der Waals surface area (Å²) in [6, 6.07) is 15.0. The van der Waals surface area contributed by atoms with Crippen molar-refractivity contribution in [2.45, 2.75) is 32.1 Å². The van der Waals surface area contributed by atoms with E-state index in [-0.39, 0.29) is 24.1 Å². The van der Waals surface area contributed by atoms with Crippen LogP contribution >= 0.6 is 34.4 Å². The van der Waals surface area contributed by atoms with Gasteiger partial charge in [-0.3, -0.25) is 9.59 Å². The summed E-state index contributed by atoms with van der Waals surface area (Å²) in [7, 11) is 0. The van der Waals surface area contributed by atoms with Crippen LogP contribution in [0.4, 0.5) is 5.69 Å². The summed E-state index contributed by atoms with van der Waals surface area (Å²) < 4.78 is 3.01. The van der Waals surface area contributed by atoms with Gasteiger partial charge in [0.1, 0.15) is 0 Å². The van der Waals surface area contributed by atoms with Crippen LogP contribution in [0.3, 0.4) is 0 Å². The molecule has 3 aromatic rings. The maximum Gasteiger partial charge on any atom is 0.251 e. The third-order valence-corrected chi connectivity index (χ3v) is 5.94. The first-order valence-electron chi connectivity index (χ1n) is 9.41. The molecule has 0 spiro atoms. The van der Waals surface area contributed by atoms with E-state index in [0.717, 1.165) is 14.8 Å². The van der Waals surface area contributed by atoms with Gasteiger partial charge in [0.25, 0.3) is 5.91 Å². The largest absolute Gasteiger partial charge is 0.345 e. The fraction of sp³-hybridized carbons (Fsp3) is 0.238. The first-order valence-corrected chi connectivity index (χ1v) is 11.5. The van der Waals surface area contributed by atoms with Crippen molar-refractivity contribution in [2.24, 2.45) is 0 Å². The van der Waals surface area contributed by atoms with Crippen LogP contribution in [-0.2, 0) is 17.9 Å². The van der Waals surface area contributed by atoms with E-state index in [2.05, 4.69) is 43.4 Å². The van der Waals surface area contributed by atoms with Crippen LogP contribution in [0.25, 0.3) is 0 Å². The molecule has 2 N–H and O–H groups in total. The van der Waals surface area contributed by atoms with E-state index in [4.69, 9.17) is 0 Å². The molecule has 156 valence electrons. The monoisotopic (exact) mass is 535 g/mol. The van der Waals surface area contributed by atoms with Crippen molar-refractivity contribution in [3.63, 3.8) is 0 Å². The second kappa shape index (κ2) is 10.6. The first-order chi connectivity index (χ1) is 14.5. The number of thioether (sulfide) groups is 1. The molecule has 0 fully saturated rings. The average molecular weight is 535 g/mol. The molecule has 0 atom stereocenters. The molecule has 0 bridgehead atoms. The Morgan fingerprint density at radius 2 is 1.90 bits per heavy atom. The molecule has 0 aliphatic rings. The van der Waals surface area contributed by atoms with Gasteiger partial charge in [-0.15, -0.1) is 10.2 Å². The van der Waals surface area contributed by atoms with Crippen molar-refractivity contribution < 1.29 is 9.59 Å². The highest BCUT2D eigenvalue weighted by molar-refractivity contribution is 14.1. The number of carbonyl (C=O) groups is 2. The molecular formula is C21H22IN5O2S. The van der Waals surface area contributed by atoms with Crippen molar-refractivity contribution in [3.05, 3.63) is 69.1 Å². The Kier molecular flexibility index (Phi) is 7.86. The minimum Gasteiger partial charge on any atom is -0.345 e. The Hall–Kier alpha value is -2.40. The van der Waals surface area contributed by atoms with E-state index in [1.165, 1.54) is 11.8 Å². The number of nitrogens with zero attached hydrogens (tertiary/aromatic N) is 3. The maximum absolute atomic E-state index is 12.4. The first kappa shape index (κ1) is 22.3. The molecule has 0 saturated heterocycles. The number of benzene rings is 2. The van der Waals surface area contributed by atoms with Crippen LogP contribution in [0.1, 0.15) is 28.7 Å². The van der Waals surface area contributed by atoms with Crippen LogP contribution < -0.4 is 10.6 Å². The van der Waals surface area contributed by atoms with Crippen LogP contribution in [-0.4, -0.2) is 32.3 Å². The van der Waals surface area contributed by atoms with Crippen molar-refractivity contribution in [3.8, 4) is 0 Å². The van der Waals surface area contributed by atoms with Crippen molar-refractivity contribution >= 4 is 51.9 Å². The number of rotatable bonds is 8. The summed E-state index contributed by atoms with van der Waals surface area (Å²) in [5, 5.41) is 14.8. The topological polar surface area (TPSA) is 88.9 Å². The van der Waals surface area contributed by atoms with Crippen LogP contribution in [0, 0.1) is 10.5 Å². The summed E-state index contributed by atoms with van der Waals surface area (Å²) in [5.74, 6) is 0.607.